The molecule has 2 amide bonds. The van der Waals surface area contributed by atoms with E-state index in [4.69, 9.17) is 4.42 Å². The third kappa shape index (κ3) is 8.52. The minimum absolute atomic E-state index is 0.0454. The predicted octanol–water partition coefficient (Wildman–Crippen LogP) is 3.21. The Hall–Kier alpha value is -3.13. The monoisotopic (exact) mass is 523 g/mol. The fourth-order valence-electron chi connectivity index (χ4n) is 2.97. The number of benzene rings is 1. The second kappa shape index (κ2) is 11.7. The topological polar surface area (TPSA) is 81.9 Å². The van der Waals surface area contributed by atoms with Crippen LogP contribution in [-0.2, 0) is 18.9 Å². The van der Waals surface area contributed by atoms with Gasteiger partial charge in [0.1, 0.15) is 6.26 Å². The summed E-state index contributed by atoms with van der Waals surface area (Å²) < 4.78 is 84.7. The summed E-state index contributed by atoms with van der Waals surface area (Å²) in [4.78, 5) is 33.8. The van der Waals surface area contributed by atoms with Crippen LogP contribution in [0.4, 0.5) is 26.3 Å². The number of likely N-dealkylation sites (N-methyl/N-ethyl adjacent to an activating group) is 2. The molecule has 200 valence electrons. The first-order valence-electron chi connectivity index (χ1n) is 10.7. The van der Waals surface area contributed by atoms with Gasteiger partial charge in [-0.1, -0.05) is 0 Å². The lowest BCUT2D eigenvalue weighted by atomic mass is 10.0. The van der Waals surface area contributed by atoms with E-state index >= 15 is 0 Å². The lowest BCUT2D eigenvalue weighted by molar-refractivity contribution is -0.143. The molecule has 1 aromatic carbocycles. The molecule has 0 aliphatic carbocycles. The van der Waals surface area contributed by atoms with Crippen molar-refractivity contribution in [1.82, 2.24) is 25.0 Å². The lowest BCUT2D eigenvalue weighted by Gasteiger charge is -2.24. The molecule has 1 N–H and O–H groups in total. The number of carbonyl (C=O) groups excluding carboxylic acids is 2. The van der Waals surface area contributed by atoms with E-state index in [2.05, 4.69) is 10.3 Å². The molecule has 0 unspecified atom stereocenters. The third-order valence-electron chi connectivity index (χ3n) is 4.89. The molecular weight excluding hydrogens is 496 g/mol. The number of hydrogen-bond donors (Lipinski definition) is 1. The summed E-state index contributed by atoms with van der Waals surface area (Å²) in [7, 11) is 7.00. The second-order valence-electron chi connectivity index (χ2n) is 8.51. The van der Waals surface area contributed by atoms with Crippen LogP contribution in [0.5, 0.6) is 0 Å². The van der Waals surface area contributed by atoms with Crippen LogP contribution in [0.1, 0.15) is 37.9 Å². The smallest absolute Gasteiger partial charge is 0.416 e. The van der Waals surface area contributed by atoms with Crippen molar-refractivity contribution in [3.63, 3.8) is 0 Å². The zero-order chi connectivity index (χ0) is 27.3. The summed E-state index contributed by atoms with van der Waals surface area (Å²) in [5, 5.41) is 2.62. The van der Waals surface area contributed by atoms with Crippen LogP contribution in [0.2, 0.25) is 0 Å². The summed E-state index contributed by atoms with van der Waals surface area (Å²) >= 11 is 0. The van der Waals surface area contributed by atoms with Gasteiger partial charge < -0.3 is 24.4 Å². The molecule has 8 nitrogen and oxygen atoms in total. The first-order valence-corrected chi connectivity index (χ1v) is 10.7. The minimum atomic E-state index is -5.10. The van der Waals surface area contributed by atoms with E-state index in [0.717, 1.165) is 11.2 Å². The maximum atomic E-state index is 13.2. The van der Waals surface area contributed by atoms with Crippen LogP contribution in [0.15, 0.2) is 28.9 Å². The van der Waals surface area contributed by atoms with Gasteiger partial charge in [0.25, 0.3) is 11.8 Å². The molecule has 14 heteroatoms. The zero-order valence-corrected chi connectivity index (χ0v) is 20.1. The Bertz CT molecular complexity index is 1020. The molecular formula is C22H27F6N5O3. The van der Waals surface area contributed by atoms with Gasteiger partial charge in [-0.3, -0.25) is 9.59 Å². The molecule has 1 heterocycles. The molecule has 0 aliphatic rings. The van der Waals surface area contributed by atoms with Crippen molar-refractivity contribution in [2.45, 2.75) is 18.9 Å². The SMILES string of the molecule is CN(C)CCNC(=O)c1coc(CN(CCN(C)C)C(=O)c2cc(C(F)(F)F)cc(C(F)(F)F)c2)n1. The molecule has 0 saturated heterocycles. The first-order chi connectivity index (χ1) is 16.6. The van der Waals surface area contributed by atoms with Crippen molar-refractivity contribution < 1.29 is 40.3 Å². The van der Waals surface area contributed by atoms with E-state index in [9.17, 15) is 35.9 Å². The van der Waals surface area contributed by atoms with Crippen LogP contribution < -0.4 is 5.32 Å². The van der Waals surface area contributed by atoms with Crippen LogP contribution in [-0.4, -0.2) is 85.9 Å². The van der Waals surface area contributed by atoms with Crippen molar-refractivity contribution in [2.24, 2.45) is 0 Å². The summed E-state index contributed by atoms with van der Waals surface area (Å²) in [6.07, 6.45) is -9.13. The predicted molar refractivity (Wildman–Crippen MR) is 117 cm³/mol. The Balaban J connectivity index is 2.32. The number of nitrogens with one attached hydrogen (secondary N) is 1. The number of oxazole rings is 1. The average molecular weight is 523 g/mol. The van der Waals surface area contributed by atoms with E-state index < -0.39 is 40.9 Å². The van der Waals surface area contributed by atoms with Gasteiger partial charge in [-0.2, -0.15) is 26.3 Å². The maximum absolute atomic E-state index is 13.2. The van der Waals surface area contributed by atoms with E-state index in [-0.39, 0.29) is 37.3 Å². The van der Waals surface area contributed by atoms with E-state index in [0.29, 0.717) is 25.2 Å². The number of hydrogen-bond acceptors (Lipinski definition) is 6. The Labute approximate surface area is 203 Å². The van der Waals surface area contributed by atoms with Crippen molar-refractivity contribution in [1.29, 1.82) is 0 Å². The van der Waals surface area contributed by atoms with Crippen LogP contribution in [0.3, 0.4) is 0 Å². The zero-order valence-electron chi connectivity index (χ0n) is 20.1. The van der Waals surface area contributed by atoms with E-state index in [1.54, 1.807) is 19.0 Å². The fourth-order valence-corrected chi connectivity index (χ4v) is 2.97. The van der Waals surface area contributed by atoms with Crippen molar-refractivity contribution in [3.8, 4) is 0 Å². The van der Waals surface area contributed by atoms with Gasteiger partial charge in [-0.25, -0.2) is 4.98 Å². The molecule has 0 saturated carbocycles. The van der Waals surface area contributed by atoms with Crippen molar-refractivity contribution in [3.05, 3.63) is 52.7 Å². The number of alkyl halides is 6. The number of carbonyl (C=O) groups is 2. The van der Waals surface area contributed by atoms with Gasteiger partial charge in [0, 0.05) is 31.7 Å². The second-order valence-corrected chi connectivity index (χ2v) is 8.51. The molecule has 0 radical (unpaired) electrons. The fraction of sp³-hybridized carbons (Fsp3) is 0.500. The molecule has 0 spiro atoms. The molecule has 2 rings (SSSR count). The Morgan fingerprint density at radius 3 is 1.94 bits per heavy atom. The molecule has 2 aromatic rings. The number of aromatic nitrogens is 1. The minimum Gasteiger partial charge on any atom is -0.446 e. The van der Waals surface area contributed by atoms with Crippen molar-refractivity contribution >= 4 is 11.8 Å². The molecule has 0 bridgehead atoms. The summed E-state index contributed by atoms with van der Waals surface area (Å²) in [6.45, 7) is 0.708. The lowest BCUT2D eigenvalue weighted by Crippen LogP contribution is -2.36. The van der Waals surface area contributed by atoms with Crippen LogP contribution >= 0.6 is 0 Å². The molecule has 0 fully saturated rings. The summed E-state index contributed by atoms with van der Waals surface area (Å²) in [5.41, 5.74) is -4.06. The molecule has 36 heavy (non-hydrogen) atoms. The first kappa shape index (κ1) is 29.1. The van der Waals surface area contributed by atoms with Gasteiger partial charge >= 0.3 is 12.4 Å². The normalized spacial score (nSPS) is 12.3. The van der Waals surface area contributed by atoms with E-state index in [1.165, 1.54) is 0 Å². The summed E-state index contributed by atoms with van der Waals surface area (Å²) in [6, 6.07) is 0.703. The highest BCUT2D eigenvalue weighted by Crippen LogP contribution is 2.36. The van der Waals surface area contributed by atoms with Gasteiger partial charge in [-0.05, 0) is 46.4 Å². The van der Waals surface area contributed by atoms with E-state index in [1.807, 2.05) is 19.0 Å². The van der Waals surface area contributed by atoms with Crippen LogP contribution in [0.25, 0.3) is 0 Å². The maximum Gasteiger partial charge on any atom is 0.416 e. The molecule has 1 aromatic heterocycles. The van der Waals surface area contributed by atoms with Gasteiger partial charge in [0.15, 0.2) is 5.69 Å². The van der Waals surface area contributed by atoms with Crippen molar-refractivity contribution in [2.75, 3.05) is 54.4 Å². The highest BCUT2D eigenvalue weighted by molar-refractivity contribution is 5.95. The molecule has 0 atom stereocenters. The highest BCUT2D eigenvalue weighted by Gasteiger charge is 2.38. The Morgan fingerprint density at radius 1 is 0.889 bits per heavy atom. The van der Waals surface area contributed by atoms with Gasteiger partial charge in [-0.15, -0.1) is 0 Å². The van der Waals surface area contributed by atoms with Gasteiger partial charge in [0.2, 0.25) is 5.89 Å². The summed E-state index contributed by atoms with van der Waals surface area (Å²) in [5.74, 6) is -1.72. The number of amides is 2. The Kier molecular flexibility index (Phi) is 9.49. The van der Waals surface area contributed by atoms with Crippen LogP contribution in [0, 0.1) is 0 Å². The third-order valence-corrected chi connectivity index (χ3v) is 4.89. The van der Waals surface area contributed by atoms with Gasteiger partial charge in [0.05, 0.1) is 17.7 Å². The number of rotatable bonds is 10. The number of nitrogens with zero attached hydrogens (tertiary/aromatic N) is 4. The molecule has 0 aliphatic heterocycles. The standard InChI is InChI=1S/C22H27F6N5O3/c1-31(2)6-5-29-19(34)17-13-36-18(30-17)12-33(8-7-32(3)4)20(35)14-9-15(21(23,24)25)11-16(10-14)22(26,27)28/h9-11,13H,5-8,12H2,1-4H3,(H,29,34). The quantitative estimate of drug-likeness (QED) is 0.482. The number of halogens is 6. The highest BCUT2D eigenvalue weighted by atomic mass is 19.4. The average Bonchev–Trinajstić information content (AvgIpc) is 3.23. The largest absolute Gasteiger partial charge is 0.446 e. The Morgan fingerprint density at radius 2 is 1.44 bits per heavy atom.